The molecular weight excluding hydrogens is 414 g/mol. The van der Waals surface area contributed by atoms with Crippen molar-refractivity contribution in [2.75, 3.05) is 18.9 Å². The maximum Gasteiger partial charge on any atom is 0.328 e. The first-order valence-corrected chi connectivity index (χ1v) is 12.0. The largest absolute Gasteiger partial charge is 0.464 e. The summed E-state index contributed by atoms with van der Waals surface area (Å²) in [5.41, 5.74) is 0.550. The van der Waals surface area contributed by atoms with E-state index in [4.69, 9.17) is 4.74 Å². The third-order valence-corrected chi connectivity index (χ3v) is 6.42. The van der Waals surface area contributed by atoms with Crippen molar-refractivity contribution in [3.63, 3.8) is 0 Å². The highest BCUT2D eigenvalue weighted by molar-refractivity contribution is 7.99. The van der Waals surface area contributed by atoms with Crippen molar-refractivity contribution >= 4 is 34.5 Å². The smallest absolute Gasteiger partial charge is 0.328 e. The van der Waals surface area contributed by atoms with Crippen molar-refractivity contribution in [3.05, 3.63) is 34.6 Å². The molecule has 0 bridgehead atoms. The van der Waals surface area contributed by atoms with Crippen LogP contribution in [0, 0.1) is 5.92 Å². The fourth-order valence-corrected chi connectivity index (χ4v) is 4.68. The normalized spacial score (nSPS) is 16.6. The average Bonchev–Trinajstić information content (AvgIpc) is 2.77. The number of piperidine rings is 1. The summed E-state index contributed by atoms with van der Waals surface area (Å²) in [6, 6.07) is 6.77. The molecule has 0 saturated carbocycles. The van der Waals surface area contributed by atoms with E-state index >= 15 is 0 Å². The van der Waals surface area contributed by atoms with Gasteiger partial charge in [0.2, 0.25) is 5.91 Å². The Kier molecular flexibility index (Phi) is 8.12. The molecule has 2 aromatic rings. The second-order valence-electron chi connectivity index (χ2n) is 8.19. The highest BCUT2D eigenvalue weighted by atomic mass is 32.2. The average molecular weight is 446 g/mol. The van der Waals surface area contributed by atoms with Crippen LogP contribution in [0.2, 0.25) is 0 Å². The molecule has 3 rings (SSSR count). The summed E-state index contributed by atoms with van der Waals surface area (Å²) in [5.74, 6) is 0.109. The fourth-order valence-electron chi connectivity index (χ4n) is 3.77. The number of ether oxygens (including phenoxy) is 1. The van der Waals surface area contributed by atoms with Gasteiger partial charge >= 0.3 is 5.97 Å². The van der Waals surface area contributed by atoms with Gasteiger partial charge in [0.05, 0.1) is 23.3 Å². The SMILES string of the molecule is CCOC(=O)C1CCCCN1C(=O)CSc1nc2ccccc2c(=O)n1CCC(C)C. The van der Waals surface area contributed by atoms with Gasteiger partial charge in [-0.1, -0.05) is 37.7 Å². The van der Waals surface area contributed by atoms with Crippen LogP contribution < -0.4 is 5.56 Å². The maximum atomic E-state index is 13.1. The lowest BCUT2D eigenvalue weighted by Crippen LogP contribution is -2.49. The summed E-state index contributed by atoms with van der Waals surface area (Å²) >= 11 is 1.27. The van der Waals surface area contributed by atoms with Crippen LogP contribution in [0.4, 0.5) is 0 Å². The monoisotopic (exact) mass is 445 g/mol. The number of para-hydroxylation sites is 1. The molecule has 1 fully saturated rings. The molecule has 1 aliphatic heterocycles. The van der Waals surface area contributed by atoms with Gasteiger partial charge in [0.1, 0.15) is 6.04 Å². The number of hydrogen-bond donors (Lipinski definition) is 0. The molecule has 1 amide bonds. The number of thioether (sulfide) groups is 1. The van der Waals surface area contributed by atoms with Gasteiger partial charge in [0.25, 0.3) is 5.56 Å². The van der Waals surface area contributed by atoms with Crippen molar-refractivity contribution in [1.82, 2.24) is 14.5 Å². The standard InChI is InChI=1S/C23H31N3O4S/c1-4-30-22(29)19-11-7-8-13-25(19)20(27)15-31-23-24-18-10-6-5-9-17(18)21(28)26(23)14-12-16(2)3/h5-6,9-10,16,19H,4,7-8,11-15H2,1-3H3. The van der Waals surface area contributed by atoms with Crippen LogP contribution in [0.25, 0.3) is 10.9 Å². The Morgan fingerprint density at radius 1 is 1.26 bits per heavy atom. The van der Waals surface area contributed by atoms with Gasteiger partial charge in [-0.2, -0.15) is 0 Å². The van der Waals surface area contributed by atoms with E-state index in [9.17, 15) is 14.4 Å². The van der Waals surface area contributed by atoms with Gasteiger partial charge in [-0.05, 0) is 50.7 Å². The molecule has 0 aliphatic carbocycles. The summed E-state index contributed by atoms with van der Waals surface area (Å²) in [7, 11) is 0. The van der Waals surface area contributed by atoms with Crippen molar-refractivity contribution in [3.8, 4) is 0 Å². The van der Waals surface area contributed by atoms with Crippen LogP contribution in [-0.4, -0.2) is 51.3 Å². The number of carbonyl (C=O) groups excluding carboxylic acids is 2. The van der Waals surface area contributed by atoms with E-state index < -0.39 is 6.04 Å². The van der Waals surface area contributed by atoms with Crippen LogP contribution in [-0.2, 0) is 20.9 Å². The lowest BCUT2D eigenvalue weighted by atomic mass is 10.0. The van der Waals surface area contributed by atoms with Crippen molar-refractivity contribution in [1.29, 1.82) is 0 Å². The predicted molar refractivity (Wildman–Crippen MR) is 122 cm³/mol. The minimum atomic E-state index is -0.519. The number of carbonyl (C=O) groups is 2. The van der Waals surface area contributed by atoms with Crippen LogP contribution >= 0.6 is 11.8 Å². The van der Waals surface area contributed by atoms with Crippen LogP contribution in [0.15, 0.2) is 34.2 Å². The number of likely N-dealkylation sites (tertiary alicyclic amines) is 1. The highest BCUT2D eigenvalue weighted by Gasteiger charge is 2.33. The van der Waals surface area contributed by atoms with Crippen LogP contribution in [0.5, 0.6) is 0 Å². The molecule has 1 unspecified atom stereocenters. The molecule has 0 spiro atoms. The van der Waals surface area contributed by atoms with Crippen molar-refractivity contribution in [2.24, 2.45) is 5.92 Å². The fraction of sp³-hybridized carbons (Fsp3) is 0.565. The van der Waals surface area contributed by atoms with E-state index in [2.05, 4.69) is 18.8 Å². The Balaban J connectivity index is 1.81. The topological polar surface area (TPSA) is 81.5 Å². The van der Waals surface area contributed by atoms with Crippen LogP contribution in [0.1, 0.15) is 46.5 Å². The van der Waals surface area contributed by atoms with E-state index in [0.717, 1.165) is 19.3 Å². The van der Waals surface area contributed by atoms with E-state index in [1.165, 1.54) is 11.8 Å². The zero-order chi connectivity index (χ0) is 22.4. The molecule has 0 N–H and O–H groups in total. The second-order valence-corrected chi connectivity index (χ2v) is 9.13. The quantitative estimate of drug-likeness (QED) is 0.352. The molecule has 1 saturated heterocycles. The second kappa shape index (κ2) is 10.8. The molecule has 0 radical (unpaired) electrons. The highest BCUT2D eigenvalue weighted by Crippen LogP contribution is 2.23. The van der Waals surface area contributed by atoms with Gasteiger partial charge < -0.3 is 9.64 Å². The number of fused-ring (bicyclic) bond motifs is 1. The first kappa shape index (κ1) is 23.3. The summed E-state index contributed by atoms with van der Waals surface area (Å²) < 4.78 is 6.84. The Labute approximate surface area is 187 Å². The molecule has 2 heterocycles. The van der Waals surface area contributed by atoms with Gasteiger partial charge in [-0.15, -0.1) is 0 Å². The number of rotatable bonds is 8. The molecule has 7 nitrogen and oxygen atoms in total. The molecule has 31 heavy (non-hydrogen) atoms. The first-order chi connectivity index (χ1) is 14.9. The van der Waals surface area contributed by atoms with Gasteiger partial charge in [0.15, 0.2) is 5.16 Å². The van der Waals surface area contributed by atoms with Gasteiger partial charge in [-0.25, -0.2) is 9.78 Å². The first-order valence-electron chi connectivity index (χ1n) is 11.0. The number of nitrogens with zero attached hydrogens (tertiary/aromatic N) is 3. The maximum absolute atomic E-state index is 13.1. The number of hydrogen-bond acceptors (Lipinski definition) is 6. The number of benzene rings is 1. The number of amides is 1. The summed E-state index contributed by atoms with van der Waals surface area (Å²) in [6.45, 7) is 7.40. The zero-order valence-corrected chi connectivity index (χ0v) is 19.3. The molecule has 168 valence electrons. The van der Waals surface area contributed by atoms with Gasteiger partial charge in [-0.3, -0.25) is 14.2 Å². The summed E-state index contributed by atoms with van der Waals surface area (Å²) in [5, 5.41) is 1.13. The van der Waals surface area contributed by atoms with E-state index in [0.29, 0.717) is 48.1 Å². The molecule has 1 aromatic heterocycles. The van der Waals surface area contributed by atoms with Crippen molar-refractivity contribution in [2.45, 2.75) is 64.2 Å². The third-order valence-electron chi connectivity index (χ3n) is 5.46. The van der Waals surface area contributed by atoms with Crippen molar-refractivity contribution < 1.29 is 14.3 Å². The predicted octanol–water partition coefficient (Wildman–Crippen LogP) is 3.48. The minimum Gasteiger partial charge on any atom is -0.464 e. The molecule has 1 aromatic carbocycles. The molecule has 1 aliphatic rings. The molecular formula is C23H31N3O4S. The Morgan fingerprint density at radius 2 is 2.03 bits per heavy atom. The van der Waals surface area contributed by atoms with E-state index in [1.54, 1.807) is 22.5 Å². The summed E-state index contributed by atoms with van der Waals surface area (Å²) in [6.07, 6.45) is 3.25. The van der Waals surface area contributed by atoms with E-state index in [1.807, 2.05) is 18.2 Å². The van der Waals surface area contributed by atoms with E-state index in [-0.39, 0.29) is 23.2 Å². The molecule has 8 heteroatoms. The summed E-state index contributed by atoms with van der Waals surface area (Å²) in [4.78, 5) is 44.7. The zero-order valence-electron chi connectivity index (χ0n) is 18.5. The Morgan fingerprint density at radius 3 is 2.77 bits per heavy atom. The lowest BCUT2D eigenvalue weighted by Gasteiger charge is -2.34. The van der Waals surface area contributed by atoms with Gasteiger partial charge in [0, 0.05) is 13.1 Å². The third kappa shape index (κ3) is 5.67. The van der Waals surface area contributed by atoms with Crippen LogP contribution in [0.3, 0.4) is 0 Å². The molecule has 1 atom stereocenters. The Bertz CT molecular complexity index is 988. The number of esters is 1. The minimum absolute atomic E-state index is 0.0800. The lowest BCUT2D eigenvalue weighted by molar-refractivity contribution is -0.155. The number of aromatic nitrogens is 2. The Hall–Kier alpha value is -2.35.